The van der Waals surface area contributed by atoms with Gasteiger partial charge in [0.05, 0.1) is 5.92 Å². The maximum atomic E-state index is 13.1. The van der Waals surface area contributed by atoms with Crippen LogP contribution in [0.5, 0.6) is 0 Å². The molecule has 2 aromatic carbocycles. The van der Waals surface area contributed by atoms with E-state index in [9.17, 15) is 14.4 Å². The van der Waals surface area contributed by atoms with Crippen molar-refractivity contribution in [2.45, 2.75) is 33.1 Å². The van der Waals surface area contributed by atoms with Crippen LogP contribution in [0.15, 0.2) is 48.5 Å². The van der Waals surface area contributed by atoms with Crippen LogP contribution in [0.3, 0.4) is 0 Å². The Morgan fingerprint density at radius 2 is 1.57 bits per heavy atom. The number of carbonyl (C=O) groups is 3. The predicted molar refractivity (Wildman–Crippen MR) is 114 cm³/mol. The van der Waals surface area contributed by atoms with Gasteiger partial charge >= 0.3 is 5.97 Å². The molecular weight excluding hydrogens is 378 g/mol. The number of hydrogen-bond acceptors (Lipinski definition) is 4. The molecule has 4 rings (SSSR count). The molecule has 0 heterocycles. The van der Waals surface area contributed by atoms with Crippen LogP contribution in [0.1, 0.15) is 40.7 Å². The van der Waals surface area contributed by atoms with Crippen molar-refractivity contribution in [3.63, 3.8) is 0 Å². The molecule has 0 aliphatic heterocycles. The Morgan fingerprint density at radius 3 is 2.23 bits per heavy atom. The lowest BCUT2D eigenvalue weighted by molar-refractivity contribution is -0.154. The van der Waals surface area contributed by atoms with Crippen molar-refractivity contribution in [1.29, 1.82) is 0 Å². The van der Waals surface area contributed by atoms with Gasteiger partial charge in [0.25, 0.3) is 5.91 Å². The molecule has 2 fully saturated rings. The summed E-state index contributed by atoms with van der Waals surface area (Å²) in [5, 5.41) is 2.78. The molecule has 2 saturated carbocycles. The molecule has 1 N–H and O–H groups in total. The maximum Gasteiger partial charge on any atom is 0.310 e. The van der Waals surface area contributed by atoms with Gasteiger partial charge in [0.15, 0.2) is 12.4 Å². The molecule has 5 heteroatoms. The summed E-state index contributed by atoms with van der Waals surface area (Å²) in [5.41, 5.74) is 3.42. The van der Waals surface area contributed by atoms with Crippen LogP contribution in [0.4, 0.5) is 5.69 Å². The number of Topliss-reactive ketones (excluding diaryl/α,β-unsaturated/α-hetero) is 1. The van der Waals surface area contributed by atoms with E-state index in [-0.39, 0.29) is 36.1 Å². The lowest BCUT2D eigenvalue weighted by Crippen LogP contribution is -2.37. The van der Waals surface area contributed by atoms with Crippen LogP contribution in [0, 0.1) is 37.5 Å². The van der Waals surface area contributed by atoms with Crippen LogP contribution in [-0.2, 0) is 14.3 Å². The van der Waals surface area contributed by atoms with Crippen LogP contribution >= 0.6 is 0 Å². The Hall–Kier alpha value is -2.95. The normalized spacial score (nSPS) is 24.5. The van der Waals surface area contributed by atoms with Crippen LogP contribution in [-0.4, -0.2) is 24.3 Å². The van der Waals surface area contributed by atoms with E-state index in [4.69, 9.17) is 4.74 Å². The first kappa shape index (κ1) is 20.3. The van der Waals surface area contributed by atoms with Crippen LogP contribution in [0.2, 0.25) is 0 Å². The van der Waals surface area contributed by atoms with Crippen molar-refractivity contribution >= 4 is 23.3 Å². The standard InChI is InChI=1S/C25H27NO4/c1-15-10-16(2)12-20(11-15)26-21(27)14-30-25(29)23-19-9-8-18(13-19)22(23)24(28)17-6-4-3-5-7-17/h3-7,10-12,18-19,22-23H,8-9,13-14H2,1-2H3,(H,26,27)/t18-,19+,22-,23+/m0/s1. The van der Waals surface area contributed by atoms with Gasteiger partial charge in [0.1, 0.15) is 0 Å². The quantitative estimate of drug-likeness (QED) is 0.573. The summed E-state index contributed by atoms with van der Waals surface area (Å²) in [6.45, 7) is 3.58. The Labute approximate surface area is 176 Å². The molecule has 156 valence electrons. The van der Waals surface area contributed by atoms with Crippen LogP contribution in [0.25, 0.3) is 0 Å². The summed E-state index contributed by atoms with van der Waals surface area (Å²) in [6.07, 6.45) is 2.81. The Balaban J connectivity index is 1.40. The molecule has 30 heavy (non-hydrogen) atoms. The van der Waals surface area contributed by atoms with Crippen molar-refractivity contribution in [2.24, 2.45) is 23.7 Å². The van der Waals surface area contributed by atoms with Gasteiger partial charge in [0.2, 0.25) is 0 Å². The predicted octanol–water partition coefficient (Wildman–Crippen LogP) is 4.33. The molecular formula is C25H27NO4. The number of benzene rings is 2. The zero-order valence-corrected chi connectivity index (χ0v) is 17.4. The average molecular weight is 405 g/mol. The summed E-state index contributed by atoms with van der Waals surface area (Å²) < 4.78 is 5.39. The number of aryl methyl sites for hydroxylation is 2. The van der Waals surface area contributed by atoms with Crippen molar-refractivity contribution in [3.8, 4) is 0 Å². The number of nitrogens with one attached hydrogen (secondary N) is 1. The fourth-order valence-corrected chi connectivity index (χ4v) is 5.28. The lowest BCUT2D eigenvalue weighted by Gasteiger charge is -2.28. The van der Waals surface area contributed by atoms with Gasteiger partial charge in [-0.1, -0.05) is 36.4 Å². The van der Waals surface area contributed by atoms with Gasteiger partial charge in [-0.05, 0) is 68.2 Å². The molecule has 1 amide bonds. The largest absolute Gasteiger partial charge is 0.455 e. The minimum Gasteiger partial charge on any atom is -0.455 e. The smallest absolute Gasteiger partial charge is 0.310 e. The molecule has 0 saturated heterocycles. The van der Waals surface area contributed by atoms with E-state index in [1.54, 1.807) is 12.1 Å². The monoisotopic (exact) mass is 405 g/mol. The number of ketones is 1. The van der Waals surface area contributed by atoms with E-state index in [1.165, 1.54) is 0 Å². The zero-order valence-electron chi connectivity index (χ0n) is 17.4. The second-order valence-electron chi connectivity index (χ2n) is 8.65. The molecule has 4 atom stereocenters. The highest BCUT2D eigenvalue weighted by Crippen LogP contribution is 2.53. The Bertz CT molecular complexity index is 948. The molecule has 0 spiro atoms. The average Bonchev–Trinajstić information content (AvgIpc) is 3.33. The third-order valence-electron chi connectivity index (χ3n) is 6.40. The number of esters is 1. The number of rotatable bonds is 6. The second kappa shape index (κ2) is 8.42. The highest BCUT2D eigenvalue weighted by molar-refractivity contribution is 6.01. The number of hydrogen-bond donors (Lipinski definition) is 1. The van der Waals surface area contributed by atoms with E-state index in [0.29, 0.717) is 11.3 Å². The highest BCUT2D eigenvalue weighted by atomic mass is 16.5. The topological polar surface area (TPSA) is 72.5 Å². The molecule has 2 aliphatic rings. The third-order valence-corrected chi connectivity index (χ3v) is 6.40. The van der Waals surface area contributed by atoms with Crippen LogP contribution < -0.4 is 5.32 Å². The highest BCUT2D eigenvalue weighted by Gasteiger charge is 2.54. The third kappa shape index (κ3) is 4.16. The van der Waals surface area contributed by atoms with E-state index < -0.39 is 11.9 Å². The first-order valence-electron chi connectivity index (χ1n) is 10.6. The number of ether oxygens (including phenoxy) is 1. The lowest BCUT2D eigenvalue weighted by atomic mass is 9.75. The number of anilines is 1. The minimum absolute atomic E-state index is 0.0180. The SMILES string of the molecule is Cc1cc(C)cc(NC(=O)COC(=O)[C@@H]2[C@@H]3CC[C@@H](C3)[C@@H]2C(=O)c2ccccc2)c1. The van der Waals surface area contributed by atoms with E-state index in [2.05, 4.69) is 5.32 Å². The summed E-state index contributed by atoms with van der Waals surface area (Å²) in [7, 11) is 0. The van der Waals surface area contributed by atoms with Gasteiger partial charge in [-0.3, -0.25) is 14.4 Å². The van der Waals surface area contributed by atoms with Gasteiger partial charge in [-0.25, -0.2) is 0 Å². The summed E-state index contributed by atoms with van der Waals surface area (Å²) in [4.78, 5) is 38.3. The molecule has 5 nitrogen and oxygen atoms in total. The zero-order chi connectivity index (χ0) is 21.3. The van der Waals surface area contributed by atoms with Crippen molar-refractivity contribution < 1.29 is 19.1 Å². The van der Waals surface area contributed by atoms with E-state index in [0.717, 1.165) is 30.4 Å². The molecule has 0 unspecified atom stereocenters. The molecule has 0 radical (unpaired) electrons. The number of carbonyl (C=O) groups excluding carboxylic acids is 3. The van der Waals surface area contributed by atoms with Gasteiger partial charge in [-0.2, -0.15) is 0 Å². The second-order valence-corrected chi connectivity index (χ2v) is 8.65. The van der Waals surface area contributed by atoms with Gasteiger partial charge in [0, 0.05) is 17.2 Å². The number of amides is 1. The van der Waals surface area contributed by atoms with Crippen molar-refractivity contribution in [2.75, 3.05) is 11.9 Å². The molecule has 2 bridgehead atoms. The summed E-state index contributed by atoms with van der Waals surface area (Å²) >= 11 is 0. The maximum absolute atomic E-state index is 13.1. The molecule has 2 aliphatic carbocycles. The summed E-state index contributed by atoms with van der Waals surface area (Å²) in [6, 6.07) is 14.9. The number of fused-ring (bicyclic) bond motifs is 2. The fourth-order valence-electron chi connectivity index (χ4n) is 5.28. The Kier molecular flexibility index (Phi) is 5.71. The summed E-state index contributed by atoms with van der Waals surface area (Å²) in [5.74, 6) is -1.18. The first-order chi connectivity index (χ1) is 14.4. The fraction of sp³-hybridized carbons (Fsp3) is 0.400. The minimum atomic E-state index is -0.453. The Morgan fingerprint density at radius 1 is 0.933 bits per heavy atom. The molecule has 2 aromatic rings. The molecule has 0 aromatic heterocycles. The first-order valence-corrected chi connectivity index (χ1v) is 10.6. The van der Waals surface area contributed by atoms with E-state index >= 15 is 0 Å². The van der Waals surface area contributed by atoms with Crippen molar-refractivity contribution in [3.05, 3.63) is 65.2 Å². The van der Waals surface area contributed by atoms with Crippen molar-refractivity contribution in [1.82, 2.24) is 0 Å². The van der Waals surface area contributed by atoms with Gasteiger partial charge < -0.3 is 10.1 Å². The van der Waals surface area contributed by atoms with E-state index in [1.807, 2.05) is 50.2 Å². The van der Waals surface area contributed by atoms with Gasteiger partial charge in [-0.15, -0.1) is 0 Å².